The van der Waals surface area contributed by atoms with Crippen LogP contribution in [-0.4, -0.2) is 9.97 Å². The van der Waals surface area contributed by atoms with Crippen LogP contribution in [0, 0.1) is 0 Å². The van der Waals surface area contributed by atoms with Gasteiger partial charge >= 0.3 is 0 Å². The summed E-state index contributed by atoms with van der Waals surface area (Å²) in [6, 6.07) is 117. The summed E-state index contributed by atoms with van der Waals surface area (Å²) in [6.07, 6.45) is 7.44. The van der Waals surface area contributed by atoms with Crippen LogP contribution in [0.25, 0.3) is 133 Å². The Morgan fingerprint density at radius 1 is 0.202 bits per heavy atom. The van der Waals surface area contributed by atoms with Crippen molar-refractivity contribution in [3.05, 3.63) is 352 Å². The van der Waals surface area contributed by atoms with Gasteiger partial charge in [-0.25, -0.2) is 0 Å². The second-order valence-corrected chi connectivity index (χ2v) is 23.6. The number of furan rings is 2. The number of pyridine rings is 2. The van der Waals surface area contributed by atoms with E-state index in [0.717, 1.165) is 134 Å². The fraction of sp³-hybridized carbons (Fsp3) is 0. The molecule has 4 heterocycles. The van der Waals surface area contributed by atoms with Crippen LogP contribution in [0.5, 0.6) is 0 Å². The molecule has 0 amide bonds. The highest BCUT2D eigenvalue weighted by atomic mass is 16.3. The van der Waals surface area contributed by atoms with Crippen LogP contribution in [0.4, 0.5) is 34.1 Å². The first-order chi connectivity index (χ1) is 46.6. The molecule has 0 N–H and O–H groups in total. The van der Waals surface area contributed by atoms with Crippen LogP contribution in [0.15, 0.2) is 361 Å². The first-order valence-electron chi connectivity index (χ1n) is 31.7. The third-order valence-electron chi connectivity index (χ3n) is 18.1. The first-order valence-corrected chi connectivity index (χ1v) is 31.7. The van der Waals surface area contributed by atoms with Gasteiger partial charge in [0, 0.05) is 104 Å². The van der Waals surface area contributed by atoms with Crippen LogP contribution in [0.1, 0.15) is 0 Å². The van der Waals surface area contributed by atoms with Crippen molar-refractivity contribution < 1.29 is 8.83 Å². The number of hydrogen-bond acceptors (Lipinski definition) is 6. The quantitative estimate of drug-likeness (QED) is 0.101. The Morgan fingerprint density at radius 3 is 0.798 bits per heavy atom. The number of fused-ring (bicyclic) bond motifs is 4. The number of benzene rings is 13. The lowest BCUT2D eigenvalue weighted by Gasteiger charge is -2.26. The third-order valence-corrected chi connectivity index (χ3v) is 18.1. The lowest BCUT2D eigenvalue weighted by Crippen LogP contribution is -2.10. The molecule has 0 aliphatic rings. The molecule has 0 bridgehead atoms. The van der Waals surface area contributed by atoms with E-state index in [0.29, 0.717) is 0 Å². The molecule has 0 atom stereocenters. The Kier molecular flexibility index (Phi) is 14.1. The molecular formula is C88H58N4O2. The van der Waals surface area contributed by atoms with Crippen LogP contribution < -0.4 is 9.80 Å². The molecule has 17 aromatic rings. The summed E-state index contributed by atoms with van der Waals surface area (Å²) in [5.41, 5.74) is 23.0. The predicted octanol–water partition coefficient (Wildman–Crippen LogP) is 24.6. The van der Waals surface area contributed by atoms with Gasteiger partial charge in [-0.1, -0.05) is 231 Å². The molecule has 13 aromatic carbocycles. The molecule has 0 saturated heterocycles. The fourth-order valence-electron chi connectivity index (χ4n) is 13.7. The molecule has 0 unspecified atom stereocenters. The van der Waals surface area contributed by atoms with Crippen molar-refractivity contribution in [2.24, 2.45) is 0 Å². The molecule has 94 heavy (non-hydrogen) atoms. The molecule has 0 aliphatic carbocycles. The molecule has 6 heteroatoms. The molecule has 6 nitrogen and oxygen atoms in total. The number of nitrogens with zero attached hydrogens (tertiary/aromatic N) is 4. The molecule has 0 fully saturated rings. The van der Waals surface area contributed by atoms with Gasteiger partial charge in [-0.2, -0.15) is 0 Å². The monoisotopic (exact) mass is 1200 g/mol. The molecule has 0 radical (unpaired) electrons. The maximum atomic E-state index is 6.95. The second-order valence-electron chi connectivity index (χ2n) is 23.6. The van der Waals surface area contributed by atoms with Crippen LogP contribution in [0.2, 0.25) is 0 Å². The normalized spacial score (nSPS) is 11.4. The van der Waals surface area contributed by atoms with Crippen LogP contribution >= 0.6 is 0 Å². The standard InChI is InChI=1S/C88H58N4O2/c1-5-19-61(20-6-1)85-79-51-49-73(55-81(79)93-87(85)65-23-9-3-10-24-65)91(69-41-33-59(34-42-69)67-27-17-53-89-57-67)71-45-37-63(38-46-71)83-75-29-13-15-31-77(75)84(78-32-16-14-30-76(78)83)64-39-47-72(48-40-64)92(70-43-35-60(36-44-70)68-28-18-54-90-58-68)74-50-52-80-82(56-74)94-88(66-25-11-4-12-26-66)86(80)62-21-7-2-8-22-62/h1-58H. The SMILES string of the molecule is c1ccc(-c2oc3cc(N(c4ccc(-c5cccnc5)cc4)c4ccc(-c5c6ccccc6c(-c6ccc(N(c7ccc(-c8cccnc8)cc7)c7ccc8c(-c9ccccc9)c(-c9ccccc9)oc8c7)cc6)c6ccccc56)cc4)ccc3c2-c2ccccc2)cc1. The molecule has 0 saturated carbocycles. The van der Waals surface area contributed by atoms with Gasteiger partial charge < -0.3 is 18.6 Å². The largest absolute Gasteiger partial charge is 0.455 e. The number of aromatic nitrogens is 2. The first kappa shape index (κ1) is 55.4. The summed E-state index contributed by atoms with van der Waals surface area (Å²) in [7, 11) is 0. The lowest BCUT2D eigenvalue weighted by molar-refractivity contribution is 0.632. The zero-order chi connectivity index (χ0) is 62.3. The predicted molar refractivity (Wildman–Crippen MR) is 389 cm³/mol. The van der Waals surface area contributed by atoms with Crippen molar-refractivity contribution in [3.8, 4) is 89.4 Å². The van der Waals surface area contributed by atoms with E-state index in [1.54, 1.807) is 0 Å². The number of hydrogen-bond donors (Lipinski definition) is 0. The molecule has 4 aromatic heterocycles. The topological polar surface area (TPSA) is 58.5 Å². The summed E-state index contributed by atoms with van der Waals surface area (Å²) >= 11 is 0. The molecule has 442 valence electrons. The highest BCUT2D eigenvalue weighted by Crippen LogP contribution is 2.49. The Balaban J connectivity index is 0.763. The van der Waals surface area contributed by atoms with E-state index < -0.39 is 0 Å². The van der Waals surface area contributed by atoms with Crippen LogP contribution in [-0.2, 0) is 0 Å². The minimum atomic E-state index is 0.809. The van der Waals surface area contributed by atoms with Crippen molar-refractivity contribution in [2.45, 2.75) is 0 Å². The maximum Gasteiger partial charge on any atom is 0.143 e. The van der Waals surface area contributed by atoms with Gasteiger partial charge in [0.1, 0.15) is 22.7 Å². The Morgan fingerprint density at radius 2 is 0.479 bits per heavy atom. The summed E-state index contributed by atoms with van der Waals surface area (Å²) in [5, 5.41) is 6.81. The van der Waals surface area contributed by atoms with Crippen molar-refractivity contribution in [2.75, 3.05) is 9.80 Å². The Labute approximate surface area is 544 Å². The van der Waals surface area contributed by atoms with Crippen molar-refractivity contribution in [3.63, 3.8) is 0 Å². The van der Waals surface area contributed by atoms with Gasteiger partial charge in [0.2, 0.25) is 0 Å². The van der Waals surface area contributed by atoms with E-state index in [-0.39, 0.29) is 0 Å². The minimum Gasteiger partial charge on any atom is -0.455 e. The highest BCUT2D eigenvalue weighted by molar-refractivity contribution is 6.21. The molecule has 0 spiro atoms. The molecular weight excluding hydrogens is 1140 g/mol. The van der Waals surface area contributed by atoms with Gasteiger partial charge in [0.25, 0.3) is 0 Å². The smallest absolute Gasteiger partial charge is 0.143 e. The average Bonchev–Trinajstić information content (AvgIpc) is 1.13. The lowest BCUT2D eigenvalue weighted by atomic mass is 9.86. The zero-order valence-electron chi connectivity index (χ0n) is 51.1. The summed E-state index contributed by atoms with van der Waals surface area (Å²) in [5.74, 6) is 1.69. The average molecular weight is 1200 g/mol. The summed E-state index contributed by atoms with van der Waals surface area (Å²) in [4.78, 5) is 13.5. The number of anilines is 6. The summed E-state index contributed by atoms with van der Waals surface area (Å²) in [6.45, 7) is 0. The zero-order valence-corrected chi connectivity index (χ0v) is 51.1. The second kappa shape index (κ2) is 24.0. The van der Waals surface area contributed by atoms with Crippen molar-refractivity contribution in [1.82, 2.24) is 9.97 Å². The highest BCUT2D eigenvalue weighted by Gasteiger charge is 2.25. The Bertz CT molecular complexity index is 5140. The van der Waals surface area contributed by atoms with E-state index in [4.69, 9.17) is 8.83 Å². The van der Waals surface area contributed by atoms with Gasteiger partial charge in [-0.05, 0) is 162 Å². The van der Waals surface area contributed by atoms with Crippen molar-refractivity contribution >= 4 is 77.6 Å². The van der Waals surface area contributed by atoms with E-state index in [9.17, 15) is 0 Å². The maximum absolute atomic E-state index is 6.95. The molecule has 17 rings (SSSR count). The third kappa shape index (κ3) is 10.1. The summed E-state index contributed by atoms with van der Waals surface area (Å²) < 4.78 is 13.9. The van der Waals surface area contributed by atoms with Gasteiger partial charge in [0.15, 0.2) is 0 Å². The molecule has 0 aliphatic heterocycles. The fourth-order valence-corrected chi connectivity index (χ4v) is 13.7. The van der Waals surface area contributed by atoms with E-state index in [2.05, 4.69) is 323 Å². The Hall–Kier alpha value is -12.6. The number of rotatable bonds is 14. The van der Waals surface area contributed by atoms with Crippen LogP contribution in [0.3, 0.4) is 0 Å². The van der Waals surface area contributed by atoms with E-state index in [1.807, 2.05) is 49.1 Å². The van der Waals surface area contributed by atoms with E-state index >= 15 is 0 Å². The van der Waals surface area contributed by atoms with Gasteiger partial charge in [-0.3, -0.25) is 9.97 Å². The van der Waals surface area contributed by atoms with Gasteiger partial charge in [-0.15, -0.1) is 0 Å². The van der Waals surface area contributed by atoms with Crippen molar-refractivity contribution in [1.29, 1.82) is 0 Å². The van der Waals surface area contributed by atoms with E-state index in [1.165, 1.54) is 32.7 Å². The minimum absolute atomic E-state index is 0.809. The van der Waals surface area contributed by atoms with Gasteiger partial charge in [0.05, 0.1) is 0 Å².